The molecule has 10 heteroatoms. The standard InChI is InChI=1S/C25H28N4O5S/c1-17-6-7-19(14-23(17)28-35(5,31)32)8-9-20-12-21(15-22(13-20)34-18(2)16-33-4)25(30)26-24-10-11-29(3)27-24/h6-7,10-15,18,28H,16H2,1-5H3,(H,26,27,30)/t18-/m0/s1. The normalized spacial score (nSPS) is 11.8. The zero-order valence-corrected chi connectivity index (χ0v) is 21.1. The predicted octanol–water partition coefficient (Wildman–Crippen LogP) is 3.17. The van der Waals surface area contributed by atoms with E-state index in [0.29, 0.717) is 40.6 Å². The first-order chi connectivity index (χ1) is 16.5. The zero-order chi connectivity index (χ0) is 25.6. The molecule has 0 saturated carbocycles. The number of aromatic nitrogens is 2. The summed E-state index contributed by atoms with van der Waals surface area (Å²) in [6, 6.07) is 12.0. The first-order valence-corrected chi connectivity index (χ1v) is 12.6. The fourth-order valence-electron chi connectivity index (χ4n) is 3.20. The fraction of sp³-hybridized carbons (Fsp3) is 0.280. The number of aryl methyl sites for hydroxylation is 2. The van der Waals surface area contributed by atoms with E-state index in [1.54, 1.807) is 74.4 Å². The van der Waals surface area contributed by atoms with Gasteiger partial charge in [0.1, 0.15) is 11.9 Å². The van der Waals surface area contributed by atoms with Crippen molar-refractivity contribution in [2.75, 3.05) is 30.0 Å². The number of benzene rings is 2. The molecule has 0 aliphatic heterocycles. The van der Waals surface area contributed by atoms with Crippen molar-refractivity contribution in [1.29, 1.82) is 0 Å². The molecule has 0 fully saturated rings. The molecule has 0 spiro atoms. The van der Waals surface area contributed by atoms with Gasteiger partial charge >= 0.3 is 0 Å². The summed E-state index contributed by atoms with van der Waals surface area (Å²) in [6.07, 6.45) is 2.59. The number of nitrogens with zero attached hydrogens (tertiary/aromatic N) is 2. The number of ether oxygens (including phenoxy) is 2. The van der Waals surface area contributed by atoms with Crippen molar-refractivity contribution < 1.29 is 22.7 Å². The summed E-state index contributed by atoms with van der Waals surface area (Å²) in [5.41, 5.74) is 2.75. The molecule has 3 aromatic rings. The molecule has 1 aromatic heterocycles. The Morgan fingerprint density at radius 3 is 2.54 bits per heavy atom. The SMILES string of the molecule is COC[C@H](C)Oc1cc(C#Cc2ccc(C)c(NS(C)(=O)=O)c2)cc(C(=O)Nc2ccn(C)n2)c1. The number of hydrogen-bond acceptors (Lipinski definition) is 6. The third-order valence-electron chi connectivity index (χ3n) is 4.75. The Balaban J connectivity index is 1.94. The Morgan fingerprint density at radius 2 is 1.89 bits per heavy atom. The zero-order valence-electron chi connectivity index (χ0n) is 20.2. The lowest BCUT2D eigenvalue weighted by atomic mass is 10.1. The Hall–Kier alpha value is -3.81. The van der Waals surface area contributed by atoms with Crippen LogP contribution in [0.15, 0.2) is 48.7 Å². The summed E-state index contributed by atoms with van der Waals surface area (Å²) < 4.78 is 38.4. The molecule has 2 N–H and O–H groups in total. The van der Waals surface area contributed by atoms with Crippen molar-refractivity contribution in [3.05, 3.63) is 70.9 Å². The van der Waals surface area contributed by atoms with E-state index in [-0.39, 0.29) is 12.0 Å². The van der Waals surface area contributed by atoms with Gasteiger partial charge in [-0.25, -0.2) is 8.42 Å². The van der Waals surface area contributed by atoms with E-state index in [2.05, 4.69) is 27.0 Å². The molecule has 184 valence electrons. The van der Waals surface area contributed by atoms with Crippen molar-refractivity contribution >= 4 is 27.4 Å². The number of anilines is 2. The summed E-state index contributed by atoms with van der Waals surface area (Å²) in [5.74, 6) is 6.61. The quantitative estimate of drug-likeness (QED) is 0.464. The lowest BCUT2D eigenvalue weighted by Gasteiger charge is -2.15. The average Bonchev–Trinajstić information content (AvgIpc) is 3.17. The summed E-state index contributed by atoms with van der Waals surface area (Å²) in [6.45, 7) is 4.04. The van der Waals surface area contributed by atoms with Crippen LogP contribution in [0.3, 0.4) is 0 Å². The number of hydrogen-bond donors (Lipinski definition) is 2. The predicted molar refractivity (Wildman–Crippen MR) is 135 cm³/mol. The summed E-state index contributed by atoms with van der Waals surface area (Å²) in [5, 5.41) is 6.93. The lowest BCUT2D eigenvalue weighted by Crippen LogP contribution is -2.19. The van der Waals surface area contributed by atoms with Gasteiger partial charge in [-0.1, -0.05) is 17.9 Å². The number of carbonyl (C=O) groups is 1. The van der Waals surface area contributed by atoms with Crippen LogP contribution in [-0.4, -0.2) is 50.2 Å². The molecule has 3 rings (SSSR count). The molecule has 2 aromatic carbocycles. The molecular weight excluding hydrogens is 468 g/mol. The largest absolute Gasteiger partial charge is 0.488 e. The third-order valence-corrected chi connectivity index (χ3v) is 5.34. The van der Waals surface area contributed by atoms with Crippen LogP contribution in [0.1, 0.15) is 34.0 Å². The van der Waals surface area contributed by atoms with Gasteiger partial charge in [0.25, 0.3) is 5.91 Å². The topological polar surface area (TPSA) is 112 Å². The fourth-order valence-corrected chi connectivity index (χ4v) is 3.81. The first kappa shape index (κ1) is 25.8. The summed E-state index contributed by atoms with van der Waals surface area (Å²) in [7, 11) is -0.0749. The molecule has 0 aliphatic carbocycles. The van der Waals surface area contributed by atoms with Crippen molar-refractivity contribution in [3.63, 3.8) is 0 Å². The van der Waals surface area contributed by atoms with Gasteiger partial charge in [-0.05, 0) is 49.7 Å². The highest BCUT2D eigenvalue weighted by molar-refractivity contribution is 7.92. The van der Waals surface area contributed by atoms with Gasteiger partial charge in [-0.2, -0.15) is 5.10 Å². The number of carbonyl (C=O) groups excluding carboxylic acids is 1. The number of sulfonamides is 1. The molecule has 0 saturated heterocycles. The molecule has 9 nitrogen and oxygen atoms in total. The molecule has 0 aliphatic rings. The monoisotopic (exact) mass is 496 g/mol. The van der Waals surface area contributed by atoms with Crippen LogP contribution >= 0.6 is 0 Å². The number of methoxy groups -OCH3 is 1. The summed E-state index contributed by atoms with van der Waals surface area (Å²) >= 11 is 0. The number of rotatable bonds is 8. The van der Waals surface area contributed by atoms with Crippen molar-refractivity contribution in [3.8, 4) is 17.6 Å². The lowest BCUT2D eigenvalue weighted by molar-refractivity contribution is 0.0917. The maximum atomic E-state index is 12.9. The van der Waals surface area contributed by atoms with E-state index >= 15 is 0 Å². The number of amides is 1. The average molecular weight is 497 g/mol. The minimum absolute atomic E-state index is 0.239. The molecule has 1 amide bonds. The number of nitrogens with one attached hydrogen (secondary N) is 2. The maximum Gasteiger partial charge on any atom is 0.257 e. The van der Waals surface area contributed by atoms with Crippen LogP contribution in [0.5, 0.6) is 5.75 Å². The highest BCUT2D eigenvalue weighted by Crippen LogP contribution is 2.21. The molecule has 35 heavy (non-hydrogen) atoms. The van der Waals surface area contributed by atoms with Gasteiger partial charge < -0.3 is 14.8 Å². The van der Waals surface area contributed by atoms with Crippen LogP contribution in [0, 0.1) is 18.8 Å². The minimum atomic E-state index is -3.42. The second kappa shape index (κ2) is 11.1. The van der Waals surface area contributed by atoms with E-state index in [0.717, 1.165) is 11.8 Å². The van der Waals surface area contributed by atoms with Crippen LogP contribution in [0.2, 0.25) is 0 Å². The molecule has 0 unspecified atom stereocenters. The molecule has 0 radical (unpaired) electrons. The van der Waals surface area contributed by atoms with Gasteiger partial charge in [-0.3, -0.25) is 14.2 Å². The first-order valence-electron chi connectivity index (χ1n) is 10.7. The highest BCUT2D eigenvalue weighted by Gasteiger charge is 2.13. The second-order valence-corrected chi connectivity index (χ2v) is 9.86. The van der Waals surface area contributed by atoms with Gasteiger partial charge in [-0.15, -0.1) is 0 Å². The van der Waals surface area contributed by atoms with Crippen LogP contribution < -0.4 is 14.8 Å². The van der Waals surface area contributed by atoms with Crippen molar-refractivity contribution in [2.24, 2.45) is 7.05 Å². The molecule has 0 bridgehead atoms. The van der Waals surface area contributed by atoms with Gasteiger partial charge in [0.05, 0.1) is 18.6 Å². The van der Waals surface area contributed by atoms with E-state index in [1.165, 1.54) is 0 Å². The minimum Gasteiger partial charge on any atom is -0.488 e. The Bertz CT molecular complexity index is 1390. The van der Waals surface area contributed by atoms with Crippen molar-refractivity contribution in [2.45, 2.75) is 20.0 Å². The van der Waals surface area contributed by atoms with Crippen LogP contribution in [0.25, 0.3) is 0 Å². The Labute approximate surface area is 205 Å². The molecular formula is C25H28N4O5S. The van der Waals surface area contributed by atoms with Gasteiger partial charge in [0, 0.05) is 43.1 Å². The Kier molecular flexibility index (Phi) is 8.17. The smallest absolute Gasteiger partial charge is 0.257 e. The van der Waals surface area contributed by atoms with Crippen molar-refractivity contribution in [1.82, 2.24) is 9.78 Å². The van der Waals surface area contributed by atoms with E-state index in [9.17, 15) is 13.2 Å². The van der Waals surface area contributed by atoms with E-state index < -0.39 is 10.0 Å². The van der Waals surface area contributed by atoms with E-state index in [1.807, 2.05) is 6.92 Å². The second-order valence-electron chi connectivity index (χ2n) is 8.11. The van der Waals surface area contributed by atoms with Gasteiger partial charge in [0.2, 0.25) is 10.0 Å². The molecule has 1 heterocycles. The molecule has 1 atom stereocenters. The van der Waals surface area contributed by atoms with E-state index in [4.69, 9.17) is 9.47 Å². The maximum absolute atomic E-state index is 12.9. The Morgan fingerprint density at radius 1 is 1.14 bits per heavy atom. The summed E-state index contributed by atoms with van der Waals surface area (Å²) in [4.78, 5) is 12.9. The van der Waals surface area contributed by atoms with Crippen LogP contribution in [-0.2, 0) is 21.8 Å². The van der Waals surface area contributed by atoms with Crippen LogP contribution in [0.4, 0.5) is 11.5 Å². The third kappa shape index (κ3) is 7.88. The van der Waals surface area contributed by atoms with Gasteiger partial charge in [0.15, 0.2) is 5.82 Å². The highest BCUT2D eigenvalue weighted by atomic mass is 32.2.